The van der Waals surface area contributed by atoms with Crippen LogP contribution in [-0.2, 0) is 0 Å². The van der Waals surface area contributed by atoms with Gasteiger partial charge in [-0.15, -0.1) is 0 Å². The van der Waals surface area contributed by atoms with Crippen LogP contribution in [0.2, 0.25) is 0 Å². The Balaban J connectivity index is 0. The van der Waals surface area contributed by atoms with Gasteiger partial charge in [0, 0.05) is 0 Å². The Morgan fingerprint density at radius 1 is 1.15 bits per heavy atom. The molecule has 0 radical (unpaired) electrons. The molecular weight excluding hydrogens is 180 g/mol. The average Bonchev–Trinajstić information content (AvgIpc) is 2.16. The monoisotopic (exact) mass is 198 g/mol. The van der Waals surface area contributed by atoms with Crippen LogP contribution < -0.4 is 0 Å². The molecule has 0 aliphatic heterocycles. The number of hydrogen-bond acceptors (Lipinski definition) is 3. The molecule has 0 aromatic carbocycles. The standard InChI is InChI=1S/C9H14N2.CH4S/c1-4-8(5-10)9(6-11)7(2)3;1-2/h7-9H,4H2,1-3H3;2H,1H3. The molecule has 0 bridgehead atoms. The quantitative estimate of drug-likeness (QED) is 0.709. The van der Waals surface area contributed by atoms with Crippen molar-refractivity contribution >= 4 is 12.6 Å². The highest BCUT2D eigenvalue weighted by molar-refractivity contribution is 7.79. The normalized spacial score (nSPS) is 13.2. The molecule has 74 valence electrons. The molecule has 0 fully saturated rings. The van der Waals surface area contributed by atoms with Gasteiger partial charge in [-0.25, -0.2) is 0 Å². The van der Waals surface area contributed by atoms with Crippen LogP contribution >= 0.6 is 12.6 Å². The summed E-state index contributed by atoms with van der Waals surface area (Å²) in [4.78, 5) is 0. The Morgan fingerprint density at radius 2 is 1.62 bits per heavy atom. The summed E-state index contributed by atoms with van der Waals surface area (Å²) in [5, 5.41) is 17.4. The first-order valence-electron chi connectivity index (χ1n) is 4.41. The molecule has 3 heteroatoms. The minimum atomic E-state index is -0.106. The summed E-state index contributed by atoms with van der Waals surface area (Å²) >= 11 is 3.53. The lowest BCUT2D eigenvalue weighted by Gasteiger charge is -2.16. The van der Waals surface area contributed by atoms with E-state index in [1.54, 1.807) is 6.26 Å². The predicted octanol–water partition coefficient (Wildman–Crippen LogP) is 2.88. The molecule has 0 N–H and O–H groups in total. The third kappa shape index (κ3) is 5.55. The second kappa shape index (κ2) is 9.42. The number of rotatable bonds is 3. The molecular formula is C10H18N2S. The van der Waals surface area contributed by atoms with E-state index in [0.717, 1.165) is 6.42 Å². The maximum absolute atomic E-state index is 8.73. The molecule has 2 atom stereocenters. The molecule has 0 saturated heterocycles. The van der Waals surface area contributed by atoms with Crippen LogP contribution in [0.15, 0.2) is 0 Å². The van der Waals surface area contributed by atoms with Crippen molar-refractivity contribution in [3.05, 3.63) is 0 Å². The van der Waals surface area contributed by atoms with Crippen LogP contribution in [0.5, 0.6) is 0 Å². The lowest BCUT2D eigenvalue weighted by Crippen LogP contribution is -2.16. The van der Waals surface area contributed by atoms with Crippen LogP contribution in [-0.4, -0.2) is 6.26 Å². The summed E-state index contributed by atoms with van der Waals surface area (Å²) in [5.74, 6) is 0.0783. The van der Waals surface area contributed by atoms with Crippen LogP contribution in [0.25, 0.3) is 0 Å². The first-order chi connectivity index (χ1) is 6.17. The molecule has 0 saturated carbocycles. The Labute approximate surface area is 87.0 Å². The SMILES string of the molecule is CCC(C#N)C(C#N)C(C)C.CS. The van der Waals surface area contributed by atoms with Gasteiger partial charge < -0.3 is 0 Å². The molecule has 13 heavy (non-hydrogen) atoms. The highest BCUT2D eigenvalue weighted by Crippen LogP contribution is 2.21. The third-order valence-corrected chi connectivity index (χ3v) is 1.91. The number of nitriles is 2. The van der Waals surface area contributed by atoms with Crippen LogP contribution in [0, 0.1) is 40.4 Å². The summed E-state index contributed by atoms with van der Waals surface area (Å²) in [6, 6.07) is 4.34. The molecule has 0 heterocycles. The van der Waals surface area contributed by atoms with Crippen molar-refractivity contribution in [2.45, 2.75) is 27.2 Å². The fraction of sp³-hybridized carbons (Fsp3) is 0.800. The van der Waals surface area contributed by atoms with Gasteiger partial charge in [0.05, 0.1) is 24.0 Å². The average molecular weight is 198 g/mol. The summed E-state index contributed by atoms with van der Waals surface area (Å²) in [7, 11) is 0. The molecule has 0 amide bonds. The summed E-state index contributed by atoms with van der Waals surface area (Å²) in [6.07, 6.45) is 2.47. The smallest absolute Gasteiger partial charge is 0.0672 e. The number of thiol groups is 1. The zero-order valence-corrected chi connectivity index (χ0v) is 9.68. The van der Waals surface area contributed by atoms with Crippen molar-refractivity contribution in [2.24, 2.45) is 17.8 Å². The van der Waals surface area contributed by atoms with E-state index in [1.807, 2.05) is 20.8 Å². The molecule has 2 unspecified atom stereocenters. The van der Waals surface area contributed by atoms with Crippen LogP contribution in [0.1, 0.15) is 27.2 Å². The Bertz CT molecular complexity index is 188. The van der Waals surface area contributed by atoms with Gasteiger partial charge in [-0.3, -0.25) is 0 Å². The predicted molar refractivity (Wildman–Crippen MR) is 58.2 cm³/mol. The van der Waals surface area contributed by atoms with Crippen molar-refractivity contribution in [3.63, 3.8) is 0 Å². The minimum absolute atomic E-state index is 0.0972. The highest BCUT2D eigenvalue weighted by Gasteiger charge is 2.22. The van der Waals surface area contributed by atoms with Gasteiger partial charge in [-0.2, -0.15) is 23.2 Å². The van der Waals surface area contributed by atoms with E-state index in [9.17, 15) is 0 Å². The maximum Gasteiger partial charge on any atom is 0.0672 e. The molecule has 2 nitrogen and oxygen atoms in total. The van der Waals surface area contributed by atoms with Crippen molar-refractivity contribution in [3.8, 4) is 12.1 Å². The van der Waals surface area contributed by atoms with Gasteiger partial charge in [0.2, 0.25) is 0 Å². The van der Waals surface area contributed by atoms with E-state index >= 15 is 0 Å². The van der Waals surface area contributed by atoms with Crippen molar-refractivity contribution in [1.29, 1.82) is 10.5 Å². The van der Waals surface area contributed by atoms with E-state index in [4.69, 9.17) is 10.5 Å². The lowest BCUT2D eigenvalue weighted by atomic mass is 9.84. The van der Waals surface area contributed by atoms with Gasteiger partial charge in [0.1, 0.15) is 0 Å². The minimum Gasteiger partial charge on any atom is -0.198 e. The van der Waals surface area contributed by atoms with E-state index in [1.165, 1.54) is 0 Å². The van der Waals surface area contributed by atoms with E-state index < -0.39 is 0 Å². The lowest BCUT2D eigenvalue weighted by molar-refractivity contribution is 0.372. The first-order valence-corrected chi connectivity index (χ1v) is 5.30. The van der Waals surface area contributed by atoms with Gasteiger partial charge >= 0.3 is 0 Å². The van der Waals surface area contributed by atoms with Crippen molar-refractivity contribution in [2.75, 3.05) is 6.26 Å². The van der Waals surface area contributed by atoms with Gasteiger partial charge in [-0.05, 0) is 18.6 Å². The van der Waals surface area contributed by atoms with Gasteiger partial charge in [-0.1, -0.05) is 20.8 Å². The van der Waals surface area contributed by atoms with E-state index in [-0.39, 0.29) is 17.8 Å². The first kappa shape index (κ1) is 14.8. The fourth-order valence-electron chi connectivity index (χ4n) is 1.13. The van der Waals surface area contributed by atoms with E-state index in [0.29, 0.717) is 0 Å². The summed E-state index contributed by atoms with van der Waals surface area (Å²) in [6.45, 7) is 5.91. The number of hydrogen-bond donors (Lipinski definition) is 1. The zero-order valence-electron chi connectivity index (χ0n) is 8.78. The largest absolute Gasteiger partial charge is 0.198 e. The van der Waals surface area contributed by atoms with Crippen molar-refractivity contribution < 1.29 is 0 Å². The van der Waals surface area contributed by atoms with Gasteiger partial charge in [0.15, 0.2) is 0 Å². The topological polar surface area (TPSA) is 47.6 Å². The maximum atomic E-state index is 8.73. The second-order valence-electron chi connectivity index (χ2n) is 3.04. The highest BCUT2D eigenvalue weighted by atomic mass is 32.1. The Kier molecular flexibility index (Phi) is 10.7. The third-order valence-electron chi connectivity index (χ3n) is 1.91. The summed E-state index contributed by atoms with van der Waals surface area (Å²) < 4.78 is 0. The number of nitrogens with zero attached hydrogens (tertiary/aromatic N) is 2. The Morgan fingerprint density at radius 3 is 1.69 bits per heavy atom. The van der Waals surface area contributed by atoms with E-state index in [2.05, 4.69) is 24.8 Å². The fourth-order valence-corrected chi connectivity index (χ4v) is 1.13. The molecule has 0 rings (SSSR count). The molecule has 0 spiro atoms. The zero-order chi connectivity index (χ0) is 10.9. The molecule has 0 aliphatic rings. The molecule has 0 aromatic rings. The van der Waals surface area contributed by atoms with Crippen molar-refractivity contribution in [1.82, 2.24) is 0 Å². The molecule has 0 aromatic heterocycles. The Hall–Kier alpha value is -0.670. The van der Waals surface area contributed by atoms with Crippen LogP contribution in [0.3, 0.4) is 0 Å². The molecule has 0 aliphatic carbocycles. The summed E-state index contributed by atoms with van der Waals surface area (Å²) in [5.41, 5.74) is 0. The van der Waals surface area contributed by atoms with Gasteiger partial charge in [0.25, 0.3) is 0 Å². The second-order valence-corrected chi connectivity index (χ2v) is 3.04. The van der Waals surface area contributed by atoms with Crippen LogP contribution in [0.4, 0.5) is 0 Å².